The van der Waals surface area contributed by atoms with Crippen LogP contribution in [0.3, 0.4) is 0 Å². The van der Waals surface area contributed by atoms with Gasteiger partial charge in [0.2, 0.25) is 0 Å². The molecule has 1 heterocycles. The van der Waals surface area contributed by atoms with E-state index in [1.165, 1.54) is 5.01 Å². The molecule has 20 heavy (non-hydrogen) atoms. The summed E-state index contributed by atoms with van der Waals surface area (Å²) >= 11 is 0. The van der Waals surface area contributed by atoms with Gasteiger partial charge in [-0.3, -0.25) is 0 Å². The predicted octanol–water partition coefficient (Wildman–Crippen LogP) is 2.30. The SMILES string of the molecule is C[C@@]1(c2ccc(O)cc2)NC(=O)N(c2ccccc2)N1. The zero-order chi connectivity index (χ0) is 14.2. The maximum Gasteiger partial charge on any atom is 0.338 e. The first kappa shape index (κ1) is 12.5. The fourth-order valence-corrected chi connectivity index (χ4v) is 2.26. The Morgan fingerprint density at radius 1 is 1.05 bits per heavy atom. The number of hydrazine groups is 1. The Kier molecular flexibility index (Phi) is 2.84. The Morgan fingerprint density at radius 2 is 1.70 bits per heavy atom. The first-order valence-electron chi connectivity index (χ1n) is 6.33. The lowest BCUT2D eigenvalue weighted by Gasteiger charge is -2.25. The van der Waals surface area contributed by atoms with Crippen LogP contribution in [0.4, 0.5) is 10.5 Å². The summed E-state index contributed by atoms with van der Waals surface area (Å²) in [5, 5.41) is 13.7. The van der Waals surface area contributed by atoms with E-state index in [-0.39, 0.29) is 11.8 Å². The molecule has 3 rings (SSSR count). The molecule has 0 bridgehead atoms. The average molecular weight is 269 g/mol. The van der Waals surface area contributed by atoms with Gasteiger partial charge in [-0.15, -0.1) is 0 Å². The van der Waals surface area contributed by atoms with Crippen molar-refractivity contribution in [1.82, 2.24) is 10.7 Å². The van der Waals surface area contributed by atoms with Crippen LogP contribution >= 0.6 is 0 Å². The maximum absolute atomic E-state index is 12.1. The van der Waals surface area contributed by atoms with Crippen molar-refractivity contribution in [3.05, 3.63) is 60.2 Å². The minimum absolute atomic E-state index is 0.196. The van der Waals surface area contributed by atoms with Crippen LogP contribution < -0.4 is 15.8 Å². The standard InChI is InChI=1S/C15H15N3O2/c1-15(11-7-9-13(19)10-8-11)16-14(20)18(17-15)12-5-3-2-4-6-12/h2-10,17,19H,1H3,(H,16,20)/t15-/m1/s1. The number of phenols is 1. The van der Waals surface area contributed by atoms with E-state index in [0.29, 0.717) is 0 Å². The van der Waals surface area contributed by atoms with E-state index in [1.54, 1.807) is 24.3 Å². The van der Waals surface area contributed by atoms with Gasteiger partial charge in [0.25, 0.3) is 0 Å². The number of hydrogen-bond acceptors (Lipinski definition) is 3. The fourth-order valence-electron chi connectivity index (χ4n) is 2.26. The molecule has 0 spiro atoms. The lowest BCUT2D eigenvalue weighted by molar-refractivity contribution is 0.248. The van der Waals surface area contributed by atoms with E-state index < -0.39 is 5.66 Å². The smallest absolute Gasteiger partial charge is 0.338 e. The summed E-state index contributed by atoms with van der Waals surface area (Å²) < 4.78 is 0. The molecule has 1 aliphatic heterocycles. The van der Waals surface area contributed by atoms with E-state index in [1.807, 2.05) is 37.3 Å². The number of benzene rings is 2. The topological polar surface area (TPSA) is 64.6 Å². The molecule has 3 N–H and O–H groups in total. The first-order chi connectivity index (χ1) is 9.58. The number of rotatable bonds is 2. The number of anilines is 1. The van der Waals surface area contributed by atoms with E-state index in [2.05, 4.69) is 10.7 Å². The van der Waals surface area contributed by atoms with Gasteiger partial charge in [0.05, 0.1) is 5.69 Å². The molecule has 2 aromatic rings. The summed E-state index contributed by atoms with van der Waals surface area (Å²) in [6, 6.07) is 15.9. The molecule has 0 radical (unpaired) electrons. The lowest BCUT2D eigenvalue weighted by Crippen LogP contribution is -2.45. The quantitative estimate of drug-likeness (QED) is 0.783. The number of hydrogen-bond donors (Lipinski definition) is 3. The molecule has 2 aromatic carbocycles. The van der Waals surface area contributed by atoms with Gasteiger partial charge in [0, 0.05) is 0 Å². The summed E-state index contributed by atoms with van der Waals surface area (Å²) in [6.07, 6.45) is 0. The fraction of sp³-hybridized carbons (Fsp3) is 0.133. The van der Waals surface area contributed by atoms with Gasteiger partial charge in [0.15, 0.2) is 0 Å². The Bertz CT molecular complexity index is 627. The zero-order valence-corrected chi connectivity index (χ0v) is 11.0. The van der Waals surface area contributed by atoms with Crippen LogP contribution in [0.25, 0.3) is 0 Å². The molecule has 0 aromatic heterocycles. The summed E-state index contributed by atoms with van der Waals surface area (Å²) in [7, 11) is 0. The molecule has 2 amide bonds. The number of aromatic hydroxyl groups is 1. The Morgan fingerprint density at radius 3 is 2.35 bits per heavy atom. The maximum atomic E-state index is 12.1. The van der Waals surface area contributed by atoms with E-state index in [0.717, 1.165) is 11.3 Å². The number of phenolic OH excluding ortho intramolecular Hbond substituents is 1. The number of amides is 2. The molecule has 1 fully saturated rings. The van der Waals surface area contributed by atoms with Crippen molar-refractivity contribution >= 4 is 11.7 Å². The summed E-state index contributed by atoms with van der Waals surface area (Å²) in [5.74, 6) is 0.196. The van der Waals surface area contributed by atoms with Crippen molar-refractivity contribution in [2.45, 2.75) is 12.6 Å². The van der Waals surface area contributed by atoms with Crippen molar-refractivity contribution in [3.8, 4) is 5.75 Å². The van der Waals surface area contributed by atoms with Gasteiger partial charge in [-0.05, 0) is 36.8 Å². The molecule has 5 nitrogen and oxygen atoms in total. The molecule has 1 atom stereocenters. The van der Waals surface area contributed by atoms with Crippen LogP contribution in [-0.4, -0.2) is 11.1 Å². The molecule has 0 aliphatic carbocycles. The van der Waals surface area contributed by atoms with Crippen LogP contribution in [0.15, 0.2) is 54.6 Å². The van der Waals surface area contributed by atoms with Crippen LogP contribution in [0.5, 0.6) is 5.75 Å². The second kappa shape index (κ2) is 4.54. The van der Waals surface area contributed by atoms with Crippen LogP contribution in [0.1, 0.15) is 12.5 Å². The van der Waals surface area contributed by atoms with Gasteiger partial charge in [0.1, 0.15) is 11.4 Å². The third-order valence-corrected chi connectivity index (χ3v) is 3.35. The molecule has 0 unspecified atom stereocenters. The molecule has 1 aliphatic rings. The number of carbonyl (C=O) groups excluding carboxylic acids is 1. The number of nitrogens with one attached hydrogen (secondary N) is 2. The van der Waals surface area contributed by atoms with Gasteiger partial charge in [-0.2, -0.15) is 5.43 Å². The number of nitrogens with zero attached hydrogens (tertiary/aromatic N) is 1. The lowest BCUT2D eigenvalue weighted by atomic mass is 10.0. The van der Waals surface area contributed by atoms with E-state index >= 15 is 0 Å². The summed E-state index contributed by atoms with van der Waals surface area (Å²) in [5.41, 5.74) is 4.09. The second-order valence-corrected chi connectivity index (χ2v) is 4.88. The molecule has 5 heteroatoms. The monoisotopic (exact) mass is 269 g/mol. The van der Waals surface area contributed by atoms with E-state index in [9.17, 15) is 9.90 Å². The summed E-state index contributed by atoms with van der Waals surface area (Å²) in [6.45, 7) is 1.88. The Hall–Kier alpha value is -2.53. The van der Waals surface area contributed by atoms with Crippen molar-refractivity contribution in [1.29, 1.82) is 0 Å². The largest absolute Gasteiger partial charge is 0.508 e. The van der Waals surface area contributed by atoms with Crippen molar-refractivity contribution in [3.63, 3.8) is 0 Å². The highest BCUT2D eigenvalue weighted by atomic mass is 16.3. The predicted molar refractivity (Wildman–Crippen MR) is 76.0 cm³/mol. The number of carbonyl (C=O) groups is 1. The second-order valence-electron chi connectivity index (χ2n) is 4.88. The molecule has 0 saturated carbocycles. The zero-order valence-electron chi connectivity index (χ0n) is 11.0. The minimum Gasteiger partial charge on any atom is -0.508 e. The summed E-state index contributed by atoms with van der Waals surface area (Å²) in [4.78, 5) is 12.1. The highest BCUT2D eigenvalue weighted by Crippen LogP contribution is 2.27. The molecule has 1 saturated heterocycles. The molecule has 102 valence electrons. The minimum atomic E-state index is -0.708. The van der Waals surface area contributed by atoms with Gasteiger partial charge < -0.3 is 10.4 Å². The highest BCUT2D eigenvalue weighted by Gasteiger charge is 2.40. The average Bonchev–Trinajstić information content (AvgIpc) is 2.77. The highest BCUT2D eigenvalue weighted by molar-refractivity contribution is 5.93. The van der Waals surface area contributed by atoms with Crippen LogP contribution in [-0.2, 0) is 5.66 Å². The van der Waals surface area contributed by atoms with Crippen molar-refractivity contribution in [2.24, 2.45) is 0 Å². The first-order valence-corrected chi connectivity index (χ1v) is 6.33. The molecular weight excluding hydrogens is 254 g/mol. The Labute approximate surface area is 116 Å². The third kappa shape index (κ3) is 2.08. The molecular formula is C15H15N3O2. The normalized spacial score (nSPS) is 21.9. The third-order valence-electron chi connectivity index (χ3n) is 3.35. The van der Waals surface area contributed by atoms with Gasteiger partial charge in [-0.1, -0.05) is 30.3 Å². The Balaban J connectivity index is 1.91. The van der Waals surface area contributed by atoms with Gasteiger partial charge >= 0.3 is 6.03 Å². The van der Waals surface area contributed by atoms with E-state index in [4.69, 9.17) is 0 Å². The number of para-hydroxylation sites is 1. The van der Waals surface area contributed by atoms with Gasteiger partial charge in [-0.25, -0.2) is 9.80 Å². The van der Waals surface area contributed by atoms with Crippen molar-refractivity contribution in [2.75, 3.05) is 5.01 Å². The van der Waals surface area contributed by atoms with Crippen molar-refractivity contribution < 1.29 is 9.90 Å². The number of urea groups is 1. The van der Waals surface area contributed by atoms with Crippen LogP contribution in [0.2, 0.25) is 0 Å². The van der Waals surface area contributed by atoms with Crippen LogP contribution in [0, 0.1) is 0 Å².